The lowest BCUT2D eigenvalue weighted by Crippen LogP contribution is -2.55. The zero-order valence-electron chi connectivity index (χ0n) is 17.1. The molecule has 0 unspecified atom stereocenters. The molecule has 2 aliphatic rings. The van der Waals surface area contributed by atoms with Crippen molar-refractivity contribution < 1.29 is 18.3 Å². The average Bonchev–Trinajstić information content (AvgIpc) is 2.76. The Balaban J connectivity index is 1.41. The summed E-state index contributed by atoms with van der Waals surface area (Å²) in [6.45, 7) is 4.05. The van der Waals surface area contributed by atoms with Gasteiger partial charge in [-0.15, -0.1) is 0 Å². The molecular formula is C22H26F2N4O2. The number of amides is 1. The maximum atomic E-state index is 13.4. The van der Waals surface area contributed by atoms with Crippen LogP contribution in [0, 0.1) is 17.6 Å². The van der Waals surface area contributed by atoms with Crippen LogP contribution in [0.3, 0.4) is 0 Å². The van der Waals surface area contributed by atoms with Gasteiger partial charge in [0.25, 0.3) is 0 Å². The lowest BCUT2D eigenvalue weighted by atomic mass is 9.88. The predicted octanol–water partition coefficient (Wildman–Crippen LogP) is 4.16. The van der Waals surface area contributed by atoms with E-state index in [1.807, 2.05) is 4.90 Å². The van der Waals surface area contributed by atoms with Crippen molar-refractivity contribution in [2.24, 2.45) is 5.92 Å². The van der Waals surface area contributed by atoms with Crippen LogP contribution in [0.1, 0.15) is 39.0 Å². The number of halogens is 2. The fraction of sp³-hybridized carbons (Fsp3) is 0.500. The van der Waals surface area contributed by atoms with E-state index in [1.165, 1.54) is 18.8 Å². The third kappa shape index (κ3) is 4.52. The average molecular weight is 416 g/mol. The van der Waals surface area contributed by atoms with Crippen LogP contribution in [0.15, 0.2) is 30.6 Å². The number of carbonyl (C=O) groups is 1. The molecule has 1 saturated carbocycles. The van der Waals surface area contributed by atoms with Gasteiger partial charge in [-0.25, -0.2) is 18.7 Å². The van der Waals surface area contributed by atoms with Gasteiger partial charge in [0.2, 0.25) is 11.8 Å². The Labute approximate surface area is 174 Å². The maximum absolute atomic E-state index is 13.4. The third-order valence-corrected chi connectivity index (χ3v) is 5.93. The summed E-state index contributed by atoms with van der Waals surface area (Å²) in [6, 6.07) is 5.09. The SMILES string of the molecule is C[C@H]1CN(c2cc(Oc3ccc(F)c(F)c3)ncn2)CCN1C(=O)C1CCCCC1. The second kappa shape index (κ2) is 8.93. The normalized spacial score (nSPS) is 20.3. The van der Waals surface area contributed by atoms with Crippen LogP contribution in [0.2, 0.25) is 0 Å². The van der Waals surface area contributed by atoms with E-state index in [0.717, 1.165) is 37.8 Å². The van der Waals surface area contributed by atoms with E-state index in [0.29, 0.717) is 25.5 Å². The lowest BCUT2D eigenvalue weighted by Gasteiger charge is -2.42. The molecule has 8 heteroatoms. The van der Waals surface area contributed by atoms with Crippen LogP contribution < -0.4 is 9.64 Å². The maximum Gasteiger partial charge on any atom is 0.226 e. The van der Waals surface area contributed by atoms with E-state index < -0.39 is 11.6 Å². The number of aromatic nitrogens is 2. The number of rotatable bonds is 4. The summed E-state index contributed by atoms with van der Waals surface area (Å²) >= 11 is 0. The van der Waals surface area contributed by atoms with Gasteiger partial charge in [0.05, 0.1) is 0 Å². The van der Waals surface area contributed by atoms with Crippen LogP contribution in [0.25, 0.3) is 0 Å². The first kappa shape index (κ1) is 20.5. The van der Waals surface area contributed by atoms with Gasteiger partial charge in [-0.05, 0) is 31.9 Å². The summed E-state index contributed by atoms with van der Waals surface area (Å²) < 4.78 is 32.1. The Hall–Kier alpha value is -2.77. The number of hydrogen-bond donors (Lipinski definition) is 0. The van der Waals surface area contributed by atoms with Gasteiger partial charge < -0.3 is 14.5 Å². The van der Waals surface area contributed by atoms with E-state index in [2.05, 4.69) is 21.8 Å². The molecular weight excluding hydrogens is 390 g/mol. The molecule has 2 aromatic rings. The van der Waals surface area contributed by atoms with Crippen molar-refractivity contribution in [3.63, 3.8) is 0 Å². The molecule has 0 spiro atoms. The molecule has 6 nitrogen and oxygen atoms in total. The Morgan fingerprint density at radius 2 is 1.87 bits per heavy atom. The highest BCUT2D eigenvalue weighted by atomic mass is 19.2. The number of hydrogen-bond acceptors (Lipinski definition) is 5. The van der Waals surface area contributed by atoms with Gasteiger partial charge in [0, 0.05) is 43.7 Å². The third-order valence-electron chi connectivity index (χ3n) is 5.93. The van der Waals surface area contributed by atoms with E-state index >= 15 is 0 Å². The summed E-state index contributed by atoms with van der Waals surface area (Å²) in [5.74, 6) is -0.363. The Kier molecular flexibility index (Phi) is 6.11. The molecule has 4 rings (SSSR count). The molecule has 0 N–H and O–H groups in total. The Morgan fingerprint density at radius 3 is 2.60 bits per heavy atom. The van der Waals surface area contributed by atoms with Gasteiger partial charge in [0.1, 0.15) is 17.9 Å². The predicted molar refractivity (Wildman–Crippen MR) is 108 cm³/mol. The highest BCUT2D eigenvalue weighted by Crippen LogP contribution is 2.28. The molecule has 1 aromatic carbocycles. The highest BCUT2D eigenvalue weighted by Gasteiger charge is 2.32. The number of nitrogens with zero attached hydrogens (tertiary/aromatic N) is 4. The van der Waals surface area contributed by atoms with Crippen molar-refractivity contribution >= 4 is 11.7 Å². The minimum atomic E-state index is -0.977. The Bertz CT molecular complexity index is 904. The number of ether oxygens (including phenoxy) is 1. The summed E-state index contributed by atoms with van der Waals surface area (Å²) in [7, 11) is 0. The zero-order chi connectivity index (χ0) is 21.1. The fourth-order valence-electron chi connectivity index (χ4n) is 4.30. The smallest absolute Gasteiger partial charge is 0.226 e. The first-order valence-electron chi connectivity index (χ1n) is 10.5. The number of carbonyl (C=O) groups excluding carboxylic acids is 1. The van der Waals surface area contributed by atoms with Crippen molar-refractivity contribution in [2.45, 2.75) is 45.1 Å². The van der Waals surface area contributed by atoms with Crippen LogP contribution in [0.5, 0.6) is 11.6 Å². The second-order valence-corrected chi connectivity index (χ2v) is 8.05. The van der Waals surface area contributed by atoms with Crippen LogP contribution in [-0.4, -0.2) is 46.5 Å². The topological polar surface area (TPSA) is 58.6 Å². The minimum absolute atomic E-state index is 0.0821. The van der Waals surface area contributed by atoms with E-state index in [9.17, 15) is 13.6 Å². The molecule has 1 saturated heterocycles. The van der Waals surface area contributed by atoms with Gasteiger partial charge in [-0.1, -0.05) is 19.3 Å². The van der Waals surface area contributed by atoms with Crippen molar-refractivity contribution in [3.8, 4) is 11.6 Å². The molecule has 1 aromatic heterocycles. The van der Waals surface area contributed by atoms with E-state index in [4.69, 9.17) is 4.74 Å². The molecule has 1 amide bonds. The van der Waals surface area contributed by atoms with Gasteiger partial charge >= 0.3 is 0 Å². The summed E-state index contributed by atoms with van der Waals surface area (Å²) in [6.07, 6.45) is 6.91. The molecule has 1 atom stereocenters. The minimum Gasteiger partial charge on any atom is -0.439 e. The summed E-state index contributed by atoms with van der Waals surface area (Å²) in [5, 5.41) is 0. The summed E-state index contributed by atoms with van der Waals surface area (Å²) in [4.78, 5) is 25.4. The molecule has 1 aliphatic carbocycles. The van der Waals surface area contributed by atoms with Gasteiger partial charge in [-0.2, -0.15) is 0 Å². The first-order valence-corrected chi connectivity index (χ1v) is 10.5. The van der Waals surface area contributed by atoms with E-state index in [1.54, 1.807) is 6.07 Å². The number of piperazine rings is 1. The van der Waals surface area contributed by atoms with Crippen molar-refractivity contribution in [2.75, 3.05) is 24.5 Å². The molecule has 0 radical (unpaired) electrons. The van der Waals surface area contributed by atoms with E-state index in [-0.39, 0.29) is 29.5 Å². The first-order chi connectivity index (χ1) is 14.5. The second-order valence-electron chi connectivity index (χ2n) is 8.05. The lowest BCUT2D eigenvalue weighted by molar-refractivity contribution is -0.139. The fourth-order valence-corrected chi connectivity index (χ4v) is 4.30. The molecule has 160 valence electrons. The Morgan fingerprint density at radius 1 is 1.07 bits per heavy atom. The quantitative estimate of drug-likeness (QED) is 0.749. The number of benzene rings is 1. The van der Waals surface area contributed by atoms with Crippen LogP contribution in [0.4, 0.5) is 14.6 Å². The molecule has 30 heavy (non-hydrogen) atoms. The molecule has 2 heterocycles. The highest BCUT2D eigenvalue weighted by molar-refractivity contribution is 5.79. The van der Waals surface area contributed by atoms with Gasteiger partial charge in [-0.3, -0.25) is 4.79 Å². The van der Waals surface area contributed by atoms with Gasteiger partial charge in [0.15, 0.2) is 11.6 Å². The van der Waals surface area contributed by atoms with Crippen LogP contribution in [-0.2, 0) is 4.79 Å². The van der Waals surface area contributed by atoms with Crippen molar-refractivity contribution in [3.05, 3.63) is 42.2 Å². The number of anilines is 1. The largest absolute Gasteiger partial charge is 0.439 e. The van der Waals surface area contributed by atoms with Crippen molar-refractivity contribution in [1.82, 2.24) is 14.9 Å². The standard InChI is InChI=1S/C22H26F2N4O2/c1-15-13-27(9-10-28(15)22(29)16-5-3-2-4-6-16)20-12-21(26-14-25-20)30-17-7-8-18(23)19(24)11-17/h7-8,11-12,14-16H,2-6,9-10,13H2,1H3/t15-/m0/s1. The molecule has 1 aliphatic heterocycles. The van der Waals surface area contributed by atoms with Crippen molar-refractivity contribution in [1.29, 1.82) is 0 Å². The molecule has 0 bridgehead atoms. The van der Waals surface area contributed by atoms with Crippen LogP contribution >= 0.6 is 0 Å². The zero-order valence-corrected chi connectivity index (χ0v) is 17.1. The summed E-state index contributed by atoms with van der Waals surface area (Å²) in [5.41, 5.74) is 0. The molecule has 2 fully saturated rings. The monoisotopic (exact) mass is 416 g/mol.